The average Bonchev–Trinajstić information content (AvgIpc) is 3.86. The van der Waals surface area contributed by atoms with Gasteiger partial charge in [-0.3, -0.25) is 9.55 Å². The van der Waals surface area contributed by atoms with E-state index >= 15 is 0 Å². The van der Waals surface area contributed by atoms with E-state index in [0.717, 1.165) is 55.2 Å². The van der Waals surface area contributed by atoms with Crippen molar-refractivity contribution in [1.82, 2.24) is 29.1 Å². The molecule has 0 unspecified atom stereocenters. The smallest absolute Gasteiger partial charge is 0.238 e. The highest BCUT2D eigenvalue weighted by Gasteiger charge is 2.23. The largest absolute Gasteiger partial charge is 0.307 e. The molecular formula is C44H26N6S. The summed E-state index contributed by atoms with van der Waals surface area (Å²) in [4.78, 5) is 20.7. The molecule has 0 aliphatic carbocycles. The van der Waals surface area contributed by atoms with Crippen molar-refractivity contribution >= 4 is 75.3 Å². The zero-order valence-electron chi connectivity index (χ0n) is 27.1. The summed E-state index contributed by atoms with van der Waals surface area (Å²) in [7, 11) is 0. The number of nitrogens with zero attached hydrogens (tertiary/aromatic N) is 6. The fourth-order valence-corrected chi connectivity index (χ4v) is 8.78. The molecule has 51 heavy (non-hydrogen) atoms. The maximum absolute atomic E-state index is 5.39. The summed E-state index contributed by atoms with van der Waals surface area (Å²) in [5, 5.41) is 5.87. The highest BCUT2D eigenvalue weighted by atomic mass is 32.1. The van der Waals surface area contributed by atoms with Gasteiger partial charge < -0.3 is 4.57 Å². The Labute approximate surface area is 295 Å². The lowest BCUT2D eigenvalue weighted by molar-refractivity contribution is 0.953. The molecule has 5 aromatic heterocycles. The van der Waals surface area contributed by atoms with Gasteiger partial charge in [-0.2, -0.15) is 9.97 Å². The Kier molecular flexibility index (Phi) is 6.02. The van der Waals surface area contributed by atoms with Crippen LogP contribution in [0.1, 0.15) is 0 Å². The van der Waals surface area contributed by atoms with Crippen LogP contribution in [0.3, 0.4) is 0 Å². The van der Waals surface area contributed by atoms with Gasteiger partial charge in [0.15, 0.2) is 11.6 Å². The fraction of sp³-hybridized carbons (Fsp3) is 0. The van der Waals surface area contributed by atoms with Crippen LogP contribution in [0.2, 0.25) is 0 Å². The van der Waals surface area contributed by atoms with Gasteiger partial charge in [-0.1, -0.05) is 103 Å². The van der Waals surface area contributed by atoms with Crippen molar-refractivity contribution in [3.05, 3.63) is 158 Å². The highest BCUT2D eigenvalue weighted by Crippen LogP contribution is 2.43. The molecule has 0 spiro atoms. The van der Waals surface area contributed by atoms with Gasteiger partial charge in [0.2, 0.25) is 5.95 Å². The van der Waals surface area contributed by atoms with Crippen LogP contribution < -0.4 is 0 Å². The summed E-state index contributed by atoms with van der Waals surface area (Å²) in [5.41, 5.74) is 8.01. The van der Waals surface area contributed by atoms with Crippen LogP contribution in [-0.2, 0) is 0 Å². The molecule has 5 heterocycles. The lowest BCUT2D eigenvalue weighted by Gasteiger charge is -2.15. The van der Waals surface area contributed by atoms with E-state index in [1.54, 1.807) is 0 Å². The number of aromatic nitrogens is 6. The summed E-state index contributed by atoms with van der Waals surface area (Å²) < 4.78 is 7.01. The van der Waals surface area contributed by atoms with Gasteiger partial charge >= 0.3 is 0 Å². The van der Waals surface area contributed by atoms with E-state index in [-0.39, 0.29) is 0 Å². The Morgan fingerprint density at radius 2 is 1.14 bits per heavy atom. The van der Waals surface area contributed by atoms with Crippen molar-refractivity contribution in [3.63, 3.8) is 0 Å². The molecule has 0 fully saturated rings. The molecule has 0 atom stereocenters. The predicted octanol–water partition coefficient (Wildman–Crippen LogP) is 11.2. The van der Waals surface area contributed by atoms with Crippen LogP contribution in [0.25, 0.3) is 98.3 Å². The van der Waals surface area contributed by atoms with E-state index in [1.165, 1.54) is 25.6 Å². The lowest BCUT2D eigenvalue weighted by Crippen LogP contribution is -2.08. The number of rotatable bonds is 4. The first-order valence-corrected chi connectivity index (χ1v) is 17.7. The molecule has 11 aromatic rings. The van der Waals surface area contributed by atoms with Crippen molar-refractivity contribution in [1.29, 1.82) is 0 Å². The van der Waals surface area contributed by atoms with Gasteiger partial charge in [-0.05, 0) is 48.5 Å². The molecular weight excluding hydrogens is 645 g/mol. The minimum absolute atomic E-state index is 0.575. The minimum Gasteiger partial charge on any atom is -0.307 e. The van der Waals surface area contributed by atoms with Gasteiger partial charge in [0, 0.05) is 53.7 Å². The monoisotopic (exact) mass is 670 g/mol. The second-order valence-electron chi connectivity index (χ2n) is 12.7. The Bertz CT molecular complexity index is 3100. The van der Waals surface area contributed by atoms with Crippen LogP contribution in [0, 0.1) is 0 Å². The number of fused-ring (bicyclic) bond motifs is 10. The van der Waals surface area contributed by atoms with Crippen LogP contribution in [0.5, 0.6) is 0 Å². The Morgan fingerprint density at radius 3 is 2.02 bits per heavy atom. The molecule has 0 aliphatic heterocycles. The van der Waals surface area contributed by atoms with E-state index < -0.39 is 0 Å². The van der Waals surface area contributed by atoms with Crippen molar-refractivity contribution in [2.75, 3.05) is 0 Å². The van der Waals surface area contributed by atoms with E-state index in [9.17, 15) is 0 Å². The number of para-hydroxylation sites is 3. The number of hydrogen-bond donors (Lipinski definition) is 0. The molecule has 7 heteroatoms. The van der Waals surface area contributed by atoms with Crippen LogP contribution in [0.15, 0.2) is 158 Å². The summed E-state index contributed by atoms with van der Waals surface area (Å²) >= 11 is 1.82. The summed E-state index contributed by atoms with van der Waals surface area (Å²) in [6.07, 6.45) is 1.86. The van der Waals surface area contributed by atoms with E-state index in [2.05, 4.69) is 137 Å². The van der Waals surface area contributed by atoms with Crippen molar-refractivity contribution in [2.24, 2.45) is 0 Å². The summed E-state index contributed by atoms with van der Waals surface area (Å²) in [5.74, 6) is 1.78. The van der Waals surface area contributed by atoms with E-state index in [4.69, 9.17) is 19.9 Å². The Hall–Kier alpha value is -6.70. The standard InChI is InChI=1S/C44H26N6S/c1-2-13-27(14-3-1)42-46-43(31-17-6-10-21-35(31)49-34-20-9-5-16-30(34)40-36(49)22-12-26-45-40)48-44(47-42)50-33-19-8-4-15-28(33)29-24-25-38-39(41(29)50)32-18-7-11-23-37(32)51-38/h1-26H. The zero-order valence-corrected chi connectivity index (χ0v) is 27.9. The van der Waals surface area contributed by atoms with Crippen LogP contribution in [-0.4, -0.2) is 29.1 Å². The first kappa shape index (κ1) is 28.2. The molecule has 0 amide bonds. The third kappa shape index (κ3) is 4.16. The van der Waals surface area contributed by atoms with Crippen LogP contribution >= 0.6 is 11.3 Å². The third-order valence-corrected chi connectivity index (χ3v) is 11.0. The fourth-order valence-electron chi connectivity index (χ4n) is 7.67. The van der Waals surface area contributed by atoms with Gasteiger partial charge in [0.1, 0.15) is 0 Å². The van der Waals surface area contributed by atoms with Gasteiger partial charge in [0.05, 0.1) is 33.3 Å². The molecule has 0 radical (unpaired) electrons. The van der Waals surface area contributed by atoms with Crippen molar-refractivity contribution < 1.29 is 0 Å². The molecule has 11 rings (SSSR count). The molecule has 0 saturated heterocycles. The second-order valence-corrected chi connectivity index (χ2v) is 13.8. The topological polar surface area (TPSA) is 61.4 Å². The van der Waals surface area contributed by atoms with Gasteiger partial charge in [-0.25, -0.2) is 4.98 Å². The first-order chi connectivity index (χ1) is 25.3. The number of pyridine rings is 1. The normalized spacial score (nSPS) is 11.9. The maximum atomic E-state index is 5.39. The number of thiophene rings is 1. The molecule has 6 nitrogen and oxygen atoms in total. The van der Waals surface area contributed by atoms with Gasteiger partial charge in [0.25, 0.3) is 0 Å². The number of benzene rings is 6. The molecule has 0 saturated carbocycles. The van der Waals surface area contributed by atoms with E-state index in [0.29, 0.717) is 17.6 Å². The lowest BCUT2D eigenvalue weighted by atomic mass is 10.1. The highest BCUT2D eigenvalue weighted by molar-refractivity contribution is 7.26. The first-order valence-electron chi connectivity index (χ1n) is 16.9. The quantitative estimate of drug-likeness (QED) is 0.187. The van der Waals surface area contributed by atoms with Crippen molar-refractivity contribution in [3.8, 4) is 34.4 Å². The second kappa shape index (κ2) is 10.9. The van der Waals surface area contributed by atoms with E-state index in [1.807, 2.05) is 41.8 Å². The molecule has 6 aromatic carbocycles. The molecule has 238 valence electrons. The minimum atomic E-state index is 0.575. The number of hydrogen-bond acceptors (Lipinski definition) is 5. The Balaban J connectivity index is 1.26. The molecule has 0 bridgehead atoms. The zero-order chi connectivity index (χ0) is 33.5. The van der Waals surface area contributed by atoms with Crippen LogP contribution in [0.4, 0.5) is 0 Å². The SMILES string of the molecule is c1ccc(-c2nc(-c3ccccc3-n3c4ccccc4c4ncccc43)nc(-n3c4ccccc4c4ccc5sc6ccccc6c5c43)n2)cc1. The third-order valence-electron chi connectivity index (χ3n) is 9.84. The molecule has 0 aliphatic rings. The predicted molar refractivity (Wildman–Crippen MR) is 210 cm³/mol. The molecule has 0 N–H and O–H groups in total. The Morgan fingerprint density at radius 1 is 0.451 bits per heavy atom. The maximum Gasteiger partial charge on any atom is 0.238 e. The van der Waals surface area contributed by atoms with Crippen molar-refractivity contribution in [2.45, 2.75) is 0 Å². The summed E-state index contributed by atoms with van der Waals surface area (Å²) in [6, 6.07) is 52.8. The average molecular weight is 671 g/mol. The van der Waals surface area contributed by atoms with Gasteiger partial charge in [-0.15, -0.1) is 11.3 Å². The summed E-state index contributed by atoms with van der Waals surface area (Å²) in [6.45, 7) is 0.